The predicted octanol–water partition coefficient (Wildman–Crippen LogP) is 1.83. The van der Waals surface area contributed by atoms with Crippen LogP contribution in [0.2, 0.25) is 0 Å². The maximum Gasteiger partial charge on any atom is 0.352 e. The van der Waals surface area contributed by atoms with Gasteiger partial charge < -0.3 is 11.5 Å². The van der Waals surface area contributed by atoms with Crippen molar-refractivity contribution in [1.82, 2.24) is 29.7 Å². The van der Waals surface area contributed by atoms with E-state index in [4.69, 9.17) is 11.5 Å². The van der Waals surface area contributed by atoms with E-state index < -0.39 is 10.6 Å². The van der Waals surface area contributed by atoms with Crippen molar-refractivity contribution >= 4 is 40.0 Å². The van der Waals surface area contributed by atoms with Gasteiger partial charge in [0.25, 0.3) is 5.95 Å². The third kappa shape index (κ3) is 2.97. The highest BCUT2D eigenvalue weighted by atomic mass is 32.2. The van der Waals surface area contributed by atoms with Crippen LogP contribution in [0, 0.1) is 10.1 Å². The molecule has 11 nitrogen and oxygen atoms in total. The lowest BCUT2D eigenvalue weighted by molar-refractivity contribution is -0.383. The lowest BCUT2D eigenvalue weighted by atomic mass is 10.2. The summed E-state index contributed by atoms with van der Waals surface area (Å²) in [6.45, 7) is 0. The van der Waals surface area contributed by atoms with Gasteiger partial charge in [-0.2, -0.15) is 19.7 Å². The summed E-state index contributed by atoms with van der Waals surface area (Å²) < 4.78 is 1.43. The van der Waals surface area contributed by atoms with Crippen LogP contribution in [0.1, 0.15) is 0 Å². The standard InChI is InChI=1S/C15H11N9O2S/c16-11-10(24(25)26)12(17)21-14(20-11)23-9-5-2-1-4-8(9)13(22-23)27-15-18-6-3-7-19-15/h1-7H,(H4,16,17,20,21). The Morgan fingerprint density at radius 2 is 1.70 bits per heavy atom. The van der Waals surface area contributed by atoms with E-state index in [2.05, 4.69) is 25.0 Å². The lowest BCUT2D eigenvalue weighted by Gasteiger charge is -2.05. The smallest absolute Gasteiger partial charge is 0.352 e. The first-order valence-corrected chi connectivity index (χ1v) is 8.36. The van der Waals surface area contributed by atoms with Crippen LogP contribution in [0.15, 0.2) is 52.9 Å². The fourth-order valence-corrected chi connectivity index (χ4v) is 3.25. The van der Waals surface area contributed by atoms with Crippen LogP contribution in [-0.4, -0.2) is 34.6 Å². The number of fused-ring (bicyclic) bond motifs is 1. The van der Waals surface area contributed by atoms with Gasteiger partial charge in [-0.3, -0.25) is 10.1 Å². The van der Waals surface area contributed by atoms with Crippen molar-refractivity contribution < 1.29 is 4.92 Å². The van der Waals surface area contributed by atoms with Gasteiger partial charge in [0, 0.05) is 17.8 Å². The molecule has 0 aliphatic heterocycles. The fourth-order valence-electron chi connectivity index (χ4n) is 2.45. The van der Waals surface area contributed by atoms with E-state index in [0.717, 1.165) is 5.39 Å². The van der Waals surface area contributed by atoms with Crippen LogP contribution < -0.4 is 11.5 Å². The maximum atomic E-state index is 11.0. The second-order valence-corrected chi connectivity index (χ2v) is 6.22. The number of hydrogen-bond donors (Lipinski definition) is 2. The molecule has 0 atom stereocenters. The summed E-state index contributed by atoms with van der Waals surface area (Å²) in [6, 6.07) is 9.10. The zero-order chi connectivity index (χ0) is 19.0. The van der Waals surface area contributed by atoms with Gasteiger partial charge in [0.2, 0.25) is 11.6 Å². The second-order valence-electron chi connectivity index (χ2n) is 5.27. The van der Waals surface area contributed by atoms with Gasteiger partial charge in [-0.15, -0.1) is 0 Å². The van der Waals surface area contributed by atoms with Gasteiger partial charge in [-0.05, 0) is 23.9 Å². The Morgan fingerprint density at radius 1 is 1.04 bits per heavy atom. The molecule has 0 amide bonds. The number of anilines is 2. The Kier molecular flexibility index (Phi) is 4.01. The van der Waals surface area contributed by atoms with E-state index in [1.54, 1.807) is 18.5 Å². The molecule has 0 aliphatic rings. The number of nitro groups is 1. The molecule has 12 heteroatoms. The van der Waals surface area contributed by atoms with E-state index >= 15 is 0 Å². The Hall–Kier alpha value is -3.80. The molecule has 27 heavy (non-hydrogen) atoms. The first-order valence-electron chi connectivity index (χ1n) is 7.55. The van der Waals surface area contributed by atoms with Gasteiger partial charge >= 0.3 is 5.69 Å². The molecule has 3 aromatic heterocycles. The van der Waals surface area contributed by atoms with Crippen LogP contribution in [0.4, 0.5) is 17.3 Å². The molecule has 0 fully saturated rings. The molecule has 134 valence electrons. The number of benzene rings is 1. The normalized spacial score (nSPS) is 11.0. The van der Waals surface area contributed by atoms with Gasteiger partial charge in [0.15, 0.2) is 5.16 Å². The molecule has 0 saturated carbocycles. The van der Waals surface area contributed by atoms with Crippen LogP contribution >= 0.6 is 11.8 Å². The van der Waals surface area contributed by atoms with Crippen LogP contribution in [0.5, 0.6) is 0 Å². The van der Waals surface area contributed by atoms with Gasteiger partial charge in [-0.1, -0.05) is 18.2 Å². The Morgan fingerprint density at radius 3 is 2.37 bits per heavy atom. The largest absolute Gasteiger partial charge is 0.378 e. The molecule has 4 aromatic rings. The van der Waals surface area contributed by atoms with Crippen molar-refractivity contribution in [2.75, 3.05) is 11.5 Å². The minimum Gasteiger partial charge on any atom is -0.378 e. The zero-order valence-corrected chi connectivity index (χ0v) is 14.4. The highest BCUT2D eigenvalue weighted by molar-refractivity contribution is 7.99. The first kappa shape index (κ1) is 16.7. The summed E-state index contributed by atoms with van der Waals surface area (Å²) in [6.07, 6.45) is 3.27. The van der Waals surface area contributed by atoms with Crippen molar-refractivity contribution in [2.45, 2.75) is 10.2 Å². The summed E-state index contributed by atoms with van der Waals surface area (Å²) in [5.74, 6) is -0.627. The van der Waals surface area contributed by atoms with Crippen molar-refractivity contribution in [3.05, 3.63) is 52.8 Å². The quantitative estimate of drug-likeness (QED) is 0.302. The lowest BCUT2D eigenvalue weighted by Crippen LogP contribution is -2.11. The molecule has 0 aliphatic carbocycles. The molecule has 3 heterocycles. The summed E-state index contributed by atoms with van der Waals surface area (Å²) in [7, 11) is 0. The van der Waals surface area contributed by atoms with Crippen molar-refractivity contribution in [1.29, 1.82) is 0 Å². The van der Waals surface area contributed by atoms with Gasteiger partial charge in [0.05, 0.1) is 10.4 Å². The number of hydrogen-bond acceptors (Lipinski definition) is 10. The monoisotopic (exact) mass is 381 g/mol. The van der Waals surface area contributed by atoms with E-state index in [1.807, 2.05) is 24.3 Å². The van der Waals surface area contributed by atoms with Gasteiger partial charge in [-0.25, -0.2) is 9.97 Å². The second kappa shape index (κ2) is 6.49. The Bertz CT molecular complexity index is 1140. The van der Waals surface area contributed by atoms with Crippen LogP contribution in [0.25, 0.3) is 16.9 Å². The summed E-state index contributed by atoms with van der Waals surface area (Å²) in [5, 5.41) is 17.5. The third-order valence-corrected chi connectivity index (χ3v) is 4.47. The zero-order valence-electron chi connectivity index (χ0n) is 13.6. The number of para-hydroxylation sites is 1. The van der Waals surface area contributed by atoms with Crippen molar-refractivity contribution in [3.8, 4) is 5.95 Å². The molecule has 0 unspecified atom stereocenters. The molecule has 4 N–H and O–H groups in total. The Balaban J connectivity index is 1.87. The average Bonchev–Trinajstić information content (AvgIpc) is 3.00. The van der Waals surface area contributed by atoms with Crippen LogP contribution in [0.3, 0.4) is 0 Å². The summed E-state index contributed by atoms with van der Waals surface area (Å²) in [4.78, 5) is 26.7. The fraction of sp³-hybridized carbons (Fsp3) is 0. The molecule has 0 radical (unpaired) electrons. The predicted molar refractivity (Wildman–Crippen MR) is 98.3 cm³/mol. The van der Waals surface area contributed by atoms with E-state index in [0.29, 0.717) is 15.7 Å². The van der Waals surface area contributed by atoms with Crippen LogP contribution in [-0.2, 0) is 0 Å². The molecule has 0 spiro atoms. The highest BCUT2D eigenvalue weighted by Gasteiger charge is 2.23. The van der Waals surface area contributed by atoms with E-state index in [-0.39, 0.29) is 17.6 Å². The molecular formula is C15H11N9O2S. The molecule has 1 aromatic carbocycles. The topological polar surface area (TPSA) is 165 Å². The molecule has 0 bridgehead atoms. The third-order valence-electron chi connectivity index (χ3n) is 3.58. The van der Waals surface area contributed by atoms with E-state index in [9.17, 15) is 10.1 Å². The summed E-state index contributed by atoms with van der Waals surface area (Å²) in [5.41, 5.74) is 11.6. The molecular weight excluding hydrogens is 370 g/mol. The minimum atomic E-state index is -0.719. The first-order chi connectivity index (χ1) is 13.0. The van der Waals surface area contributed by atoms with Gasteiger partial charge in [0.1, 0.15) is 5.03 Å². The molecule has 4 rings (SSSR count). The number of rotatable bonds is 4. The number of nitrogen functional groups attached to an aromatic ring is 2. The average molecular weight is 381 g/mol. The maximum absolute atomic E-state index is 11.0. The number of aromatic nitrogens is 6. The Labute approximate surface area is 155 Å². The number of nitrogens with two attached hydrogens (primary N) is 2. The highest BCUT2D eigenvalue weighted by Crippen LogP contribution is 2.33. The summed E-state index contributed by atoms with van der Waals surface area (Å²) >= 11 is 1.27. The SMILES string of the molecule is Nc1nc(-n2nc(Sc3ncccn3)c3ccccc32)nc(N)c1[N+](=O)[O-]. The van der Waals surface area contributed by atoms with Crippen molar-refractivity contribution in [2.24, 2.45) is 0 Å². The molecule has 0 saturated heterocycles. The minimum absolute atomic E-state index is 0.0348. The number of nitrogens with zero attached hydrogens (tertiary/aromatic N) is 7. The van der Waals surface area contributed by atoms with E-state index in [1.165, 1.54) is 16.4 Å². The van der Waals surface area contributed by atoms with Crippen molar-refractivity contribution in [3.63, 3.8) is 0 Å².